The normalized spacial score (nSPS) is 13.2. The van der Waals surface area contributed by atoms with Crippen molar-refractivity contribution in [1.29, 1.82) is 5.26 Å². The number of hydrogen-bond donors (Lipinski definition) is 2. The van der Waals surface area contributed by atoms with E-state index in [9.17, 15) is 18.0 Å². The first kappa shape index (κ1) is 24.8. The van der Waals surface area contributed by atoms with Crippen LogP contribution in [0.25, 0.3) is 0 Å². The molecule has 36 heavy (non-hydrogen) atoms. The van der Waals surface area contributed by atoms with Crippen LogP contribution in [0.3, 0.4) is 0 Å². The monoisotopic (exact) mass is 492 g/mol. The van der Waals surface area contributed by atoms with Crippen molar-refractivity contribution in [3.05, 3.63) is 118 Å². The molecule has 0 saturated carbocycles. The summed E-state index contributed by atoms with van der Waals surface area (Å²) in [5, 5.41) is 11.9. The lowest BCUT2D eigenvalue weighted by atomic mass is 9.98. The Hall–Kier alpha value is -4.29. The van der Waals surface area contributed by atoms with Gasteiger partial charge in [0.2, 0.25) is 0 Å². The summed E-state index contributed by atoms with van der Waals surface area (Å²) >= 11 is 0. The zero-order valence-electron chi connectivity index (χ0n) is 19.2. The molecule has 9 heteroatoms. The molecule has 0 bridgehead atoms. The summed E-state index contributed by atoms with van der Waals surface area (Å²) < 4.78 is 40.3. The van der Waals surface area contributed by atoms with Crippen LogP contribution in [0, 0.1) is 28.8 Å². The van der Waals surface area contributed by atoms with E-state index in [0.29, 0.717) is 36.2 Å². The summed E-state index contributed by atoms with van der Waals surface area (Å²) in [5.41, 5.74) is 5.56. The van der Waals surface area contributed by atoms with Gasteiger partial charge >= 0.3 is 6.03 Å². The standard InChI is InChI=1S/C27H23F3N4O2/c28-22-6-2-19(3-7-22)26(20-4-8-23(29)9-5-20)32-27(35)34-13-11-24(12-14-34)33-36-17-18-1-10-25(30)21(15-18)16-31/h1-11,15,26,33H,12-14,17H2,(H,32,35). The van der Waals surface area contributed by atoms with E-state index in [1.54, 1.807) is 35.2 Å². The Bertz CT molecular complexity index is 1240. The second kappa shape index (κ2) is 11.4. The van der Waals surface area contributed by atoms with Crippen LogP contribution in [0.4, 0.5) is 18.0 Å². The number of rotatable bonds is 7. The minimum atomic E-state index is -0.584. The van der Waals surface area contributed by atoms with Gasteiger partial charge in [-0.2, -0.15) is 5.26 Å². The van der Waals surface area contributed by atoms with Crippen LogP contribution >= 0.6 is 0 Å². The molecule has 0 aromatic heterocycles. The number of urea groups is 1. The largest absolute Gasteiger partial charge is 0.327 e. The molecule has 0 aliphatic carbocycles. The number of amides is 2. The van der Waals surface area contributed by atoms with E-state index in [2.05, 4.69) is 10.8 Å². The van der Waals surface area contributed by atoms with Crippen LogP contribution in [-0.2, 0) is 11.4 Å². The Balaban J connectivity index is 1.35. The zero-order chi connectivity index (χ0) is 25.5. The highest BCUT2D eigenvalue weighted by molar-refractivity contribution is 5.75. The van der Waals surface area contributed by atoms with E-state index in [-0.39, 0.29) is 18.2 Å². The van der Waals surface area contributed by atoms with Crippen LogP contribution in [0.15, 0.2) is 78.5 Å². The number of carbonyl (C=O) groups is 1. The maximum absolute atomic E-state index is 13.4. The Kier molecular flexibility index (Phi) is 7.88. The average molecular weight is 493 g/mol. The van der Waals surface area contributed by atoms with E-state index in [1.165, 1.54) is 42.5 Å². The average Bonchev–Trinajstić information content (AvgIpc) is 2.90. The van der Waals surface area contributed by atoms with Crippen LogP contribution in [-0.4, -0.2) is 24.0 Å². The van der Waals surface area contributed by atoms with Gasteiger partial charge in [0, 0.05) is 25.2 Å². The maximum atomic E-state index is 13.4. The fourth-order valence-corrected chi connectivity index (χ4v) is 3.79. The van der Waals surface area contributed by atoms with Crippen molar-refractivity contribution in [2.24, 2.45) is 0 Å². The summed E-state index contributed by atoms with van der Waals surface area (Å²) in [7, 11) is 0. The Morgan fingerprint density at radius 1 is 1.00 bits per heavy atom. The predicted molar refractivity (Wildman–Crippen MR) is 126 cm³/mol. The molecule has 1 aliphatic rings. The van der Waals surface area contributed by atoms with Crippen LogP contribution < -0.4 is 10.8 Å². The summed E-state index contributed by atoms with van der Waals surface area (Å²) in [6, 6.07) is 16.7. The second-order valence-corrected chi connectivity index (χ2v) is 8.23. The summed E-state index contributed by atoms with van der Waals surface area (Å²) in [6.45, 7) is 0.877. The molecule has 1 aliphatic heterocycles. The van der Waals surface area contributed by atoms with Gasteiger partial charge in [-0.05, 0) is 59.2 Å². The molecule has 0 radical (unpaired) electrons. The summed E-state index contributed by atoms with van der Waals surface area (Å²) in [6.07, 6.45) is 2.33. The van der Waals surface area contributed by atoms with Crippen molar-refractivity contribution in [2.45, 2.75) is 19.1 Å². The van der Waals surface area contributed by atoms with Gasteiger partial charge in [-0.3, -0.25) is 10.3 Å². The molecule has 184 valence electrons. The van der Waals surface area contributed by atoms with Gasteiger partial charge in [0.15, 0.2) is 0 Å². The molecule has 0 spiro atoms. The quantitative estimate of drug-likeness (QED) is 0.451. The van der Waals surface area contributed by atoms with Gasteiger partial charge in [-0.25, -0.2) is 18.0 Å². The predicted octanol–water partition coefficient (Wildman–Crippen LogP) is 5.09. The number of nitrogens with zero attached hydrogens (tertiary/aromatic N) is 2. The fourth-order valence-electron chi connectivity index (χ4n) is 3.79. The molecule has 0 unspecified atom stereocenters. The fraction of sp³-hybridized carbons (Fsp3) is 0.185. The highest BCUT2D eigenvalue weighted by Gasteiger charge is 2.23. The number of hydroxylamine groups is 1. The highest BCUT2D eigenvalue weighted by atomic mass is 19.1. The lowest BCUT2D eigenvalue weighted by Crippen LogP contribution is -2.44. The molecule has 0 saturated heterocycles. The molecular formula is C27H23F3N4O2. The lowest BCUT2D eigenvalue weighted by Gasteiger charge is -2.29. The molecule has 4 rings (SSSR count). The van der Waals surface area contributed by atoms with Crippen LogP contribution in [0.5, 0.6) is 0 Å². The van der Waals surface area contributed by atoms with Gasteiger partial charge in [-0.1, -0.05) is 30.3 Å². The molecule has 2 N–H and O–H groups in total. The van der Waals surface area contributed by atoms with Crippen molar-refractivity contribution in [1.82, 2.24) is 15.7 Å². The summed E-state index contributed by atoms with van der Waals surface area (Å²) in [4.78, 5) is 20.1. The number of benzene rings is 3. The Morgan fingerprint density at radius 3 is 2.19 bits per heavy atom. The van der Waals surface area contributed by atoms with Crippen molar-refractivity contribution in [2.75, 3.05) is 13.1 Å². The SMILES string of the molecule is N#Cc1cc(CONC2=CCN(C(=O)NC(c3ccc(F)cc3)c3ccc(F)cc3)CC2)ccc1F. The maximum Gasteiger partial charge on any atom is 0.318 e. The van der Waals surface area contributed by atoms with Crippen LogP contribution in [0.2, 0.25) is 0 Å². The molecule has 3 aromatic carbocycles. The third kappa shape index (κ3) is 6.23. The molecule has 0 fully saturated rings. The number of halogens is 3. The zero-order valence-corrected chi connectivity index (χ0v) is 19.2. The third-order valence-electron chi connectivity index (χ3n) is 5.76. The molecule has 2 amide bonds. The van der Waals surface area contributed by atoms with Crippen molar-refractivity contribution < 1.29 is 22.8 Å². The number of nitriles is 1. The van der Waals surface area contributed by atoms with Crippen molar-refractivity contribution >= 4 is 6.03 Å². The van der Waals surface area contributed by atoms with E-state index >= 15 is 0 Å². The smallest absolute Gasteiger partial charge is 0.318 e. The van der Waals surface area contributed by atoms with Gasteiger partial charge in [0.1, 0.15) is 23.5 Å². The van der Waals surface area contributed by atoms with Gasteiger partial charge in [0.05, 0.1) is 18.2 Å². The first-order valence-corrected chi connectivity index (χ1v) is 11.2. The van der Waals surface area contributed by atoms with E-state index in [1.807, 2.05) is 6.08 Å². The number of hydrogen-bond acceptors (Lipinski definition) is 4. The third-order valence-corrected chi connectivity index (χ3v) is 5.76. The first-order chi connectivity index (χ1) is 17.4. The minimum Gasteiger partial charge on any atom is -0.327 e. The molecular weight excluding hydrogens is 469 g/mol. The number of nitrogens with one attached hydrogen (secondary N) is 2. The van der Waals surface area contributed by atoms with Crippen molar-refractivity contribution in [3.8, 4) is 6.07 Å². The van der Waals surface area contributed by atoms with Crippen LogP contribution in [0.1, 0.15) is 34.7 Å². The first-order valence-electron chi connectivity index (χ1n) is 11.2. The van der Waals surface area contributed by atoms with Gasteiger partial charge in [-0.15, -0.1) is 0 Å². The lowest BCUT2D eigenvalue weighted by molar-refractivity contribution is 0.0446. The molecule has 6 nitrogen and oxygen atoms in total. The Morgan fingerprint density at radius 2 is 1.64 bits per heavy atom. The van der Waals surface area contributed by atoms with Gasteiger partial charge in [0.25, 0.3) is 0 Å². The molecule has 1 heterocycles. The van der Waals surface area contributed by atoms with E-state index in [0.717, 1.165) is 5.70 Å². The highest BCUT2D eigenvalue weighted by Crippen LogP contribution is 2.24. The second-order valence-electron chi connectivity index (χ2n) is 8.23. The minimum absolute atomic E-state index is 0.0470. The van der Waals surface area contributed by atoms with E-state index < -0.39 is 23.5 Å². The van der Waals surface area contributed by atoms with Crippen molar-refractivity contribution in [3.63, 3.8) is 0 Å². The number of carbonyl (C=O) groups excluding carboxylic acids is 1. The molecule has 3 aromatic rings. The summed E-state index contributed by atoms with van der Waals surface area (Å²) in [5.74, 6) is -1.36. The topological polar surface area (TPSA) is 77.4 Å². The molecule has 0 atom stereocenters. The Labute approximate surface area is 206 Å². The van der Waals surface area contributed by atoms with E-state index in [4.69, 9.17) is 10.1 Å². The van der Waals surface area contributed by atoms with Gasteiger partial charge < -0.3 is 10.2 Å².